The summed E-state index contributed by atoms with van der Waals surface area (Å²) in [5.74, 6) is -0.132. The molecule has 1 aromatic rings. The Balaban J connectivity index is 0.00000289. The van der Waals surface area contributed by atoms with Gasteiger partial charge in [0.2, 0.25) is 5.91 Å². The molecule has 1 rings (SSSR count). The van der Waals surface area contributed by atoms with Crippen LogP contribution in [0, 0.1) is 6.92 Å². The van der Waals surface area contributed by atoms with Crippen LogP contribution in [-0.4, -0.2) is 25.7 Å². The summed E-state index contributed by atoms with van der Waals surface area (Å²) in [7, 11) is 1.54. The van der Waals surface area contributed by atoms with Gasteiger partial charge >= 0.3 is 0 Å². The van der Waals surface area contributed by atoms with E-state index in [2.05, 4.69) is 5.32 Å². The molecule has 3 N–H and O–H groups in total. The lowest BCUT2D eigenvalue weighted by Gasteiger charge is -2.14. The van der Waals surface area contributed by atoms with Crippen LogP contribution in [-0.2, 0) is 9.53 Å². The van der Waals surface area contributed by atoms with Crippen molar-refractivity contribution in [3.8, 4) is 0 Å². The number of benzene rings is 1. The number of nitrogens with two attached hydrogens (primary N) is 1. The van der Waals surface area contributed by atoms with Gasteiger partial charge in [0.1, 0.15) is 0 Å². The van der Waals surface area contributed by atoms with E-state index in [-0.39, 0.29) is 30.8 Å². The van der Waals surface area contributed by atoms with E-state index in [1.807, 2.05) is 13.0 Å². The van der Waals surface area contributed by atoms with Crippen molar-refractivity contribution in [2.24, 2.45) is 5.73 Å². The van der Waals surface area contributed by atoms with Crippen molar-refractivity contribution in [1.29, 1.82) is 0 Å². The smallest absolute Gasteiger partial charge is 0.227 e. The minimum absolute atomic E-state index is 0. The highest BCUT2D eigenvalue weighted by Gasteiger charge is 2.12. The van der Waals surface area contributed by atoms with Crippen LogP contribution < -0.4 is 11.1 Å². The predicted octanol–water partition coefficient (Wildman–Crippen LogP) is 2.37. The van der Waals surface area contributed by atoms with Gasteiger partial charge in [-0.05, 0) is 24.6 Å². The predicted molar refractivity (Wildman–Crippen MR) is 76.5 cm³/mol. The van der Waals surface area contributed by atoms with E-state index >= 15 is 0 Å². The SMILES string of the molecule is COC(CN)CC(=O)Nc1cccc(Cl)c1C.Cl. The summed E-state index contributed by atoms with van der Waals surface area (Å²) in [4.78, 5) is 11.7. The number of carbonyl (C=O) groups excluding carboxylic acids is 1. The third-order valence-corrected chi connectivity index (χ3v) is 2.96. The maximum Gasteiger partial charge on any atom is 0.227 e. The molecule has 0 spiro atoms. The quantitative estimate of drug-likeness (QED) is 0.876. The third kappa shape index (κ3) is 4.82. The minimum atomic E-state index is -0.255. The molecule has 6 heteroatoms. The summed E-state index contributed by atoms with van der Waals surface area (Å²) in [5.41, 5.74) is 7.02. The molecule has 0 radical (unpaired) electrons. The van der Waals surface area contributed by atoms with E-state index in [1.165, 1.54) is 7.11 Å². The van der Waals surface area contributed by atoms with Gasteiger partial charge in [-0.2, -0.15) is 0 Å². The van der Waals surface area contributed by atoms with Crippen molar-refractivity contribution in [3.63, 3.8) is 0 Å². The number of rotatable bonds is 5. The number of methoxy groups -OCH3 is 1. The fraction of sp³-hybridized carbons (Fsp3) is 0.417. The molecule has 102 valence electrons. The summed E-state index contributed by atoms with van der Waals surface area (Å²) in [6, 6.07) is 5.38. The average Bonchev–Trinajstić information content (AvgIpc) is 2.32. The first-order chi connectivity index (χ1) is 8.08. The Bertz CT molecular complexity index is 396. The molecule has 18 heavy (non-hydrogen) atoms. The maximum atomic E-state index is 11.7. The van der Waals surface area contributed by atoms with E-state index in [0.29, 0.717) is 11.6 Å². The number of carbonyl (C=O) groups is 1. The van der Waals surface area contributed by atoms with Gasteiger partial charge in [0.05, 0.1) is 12.5 Å². The number of hydrogen-bond donors (Lipinski definition) is 2. The molecule has 1 unspecified atom stereocenters. The van der Waals surface area contributed by atoms with E-state index in [1.54, 1.807) is 12.1 Å². The Morgan fingerprint density at radius 3 is 2.78 bits per heavy atom. The molecular formula is C12H18Cl2N2O2. The van der Waals surface area contributed by atoms with Crippen LogP contribution in [0.3, 0.4) is 0 Å². The number of amides is 1. The monoisotopic (exact) mass is 292 g/mol. The molecule has 0 fully saturated rings. The van der Waals surface area contributed by atoms with Crippen molar-refractivity contribution < 1.29 is 9.53 Å². The second-order valence-electron chi connectivity index (χ2n) is 3.76. The molecule has 1 amide bonds. The number of nitrogens with one attached hydrogen (secondary N) is 1. The first-order valence-corrected chi connectivity index (χ1v) is 5.74. The lowest BCUT2D eigenvalue weighted by atomic mass is 10.2. The Hall–Kier alpha value is -0.810. The largest absolute Gasteiger partial charge is 0.380 e. The van der Waals surface area contributed by atoms with Gasteiger partial charge < -0.3 is 15.8 Å². The van der Waals surface area contributed by atoms with E-state index in [9.17, 15) is 4.79 Å². The van der Waals surface area contributed by atoms with Crippen LogP contribution in [0.5, 0.6) is 0 Å². The van der Waals surface area contributed by atoms with Gasteiger partial charge in [-0.1, -0.05) is 17.7 Å². The zero-order chi connectivity index (χ0) is 12.8. The first kappa shape index (κ1) is 17.2. The topological polar surface area (TPSA) is 64.3 Å². The highest BCUT2D eigenvalue weighted by atomic mass is 35.5. The fourth-order valence-corrected chi connectivity index (χ4v) is 1.59. The Morgan fingerprint density at radius 1 is 1.56 bits per heavy atom. The second kappa shape index (κ2) is 8.32. The lowest BCUT2D eigenvalue weighted by Crippen LogP contribution is -2.28. The maximum absolute atomic E-state index is 11.7. The lowest BCUT2D eigenvalue weighted by molar-refractivity contribution is -0.118. The fourth-order valence-electron chi connectivity index (χ4n) is 1.41. The highest BCUT2D eigenvalue weighted by molar-refractivity contribution is 6.31. The van der Waals surface area contributed by atoms with Crippen LogP contribution in [0.1, 0.15) is 12.0 Å². The van der Waals surface area contributed by atoms with Crippen LogP contribution in [0.4, 0.5) is 5.69 Å². The summed E-state index contributed by atoms with van der Waals surface area (Å²) >= 11 is 5.96. The van der Waals surface area contributed by atoms with Crippen molar-refractivity contribution in [2.45, 2.75) is 19.4 Å². The van der Waals surface area contributed by atoms with Gasteiger partial charge in [-0.15, -0.1) is 12.4 Å². The molecule has 0 aliphatic heterocycles. The highest BCUT2D eigenvalue weighted by Crippen LogP contribution is 2.23. The van der Waals surface area contributed by atoms with Crippen LogP contribution in [0.2, 0.25) is 5.02 Å². The van der Waals surface area contributed by atoms with Crippen molar-refractivity contribution in [3.05, 3.63) is 28.8 Å². The zero-order valence-electron chi connectivity index (χ0n) is 10.4. The van der Waals surface area contributed by atoms with Crippen LogP contribution in [0.15, 0.2) is 18.2 Å². The number of ether oxygens (including phenoxy) is 1. The average molecular weight is 293 g/mol. The summed E-state index contributed by atoms with van der Waals surface area (Å²) in [5, 5.41) is 3.42. The summed E-state index contributed by atoms with van der Waals surface area (Å²) in [6.45, 7) is 2.17. The summed E-state index contributed by atoms with van der Waals surface area (Å²) in [6.07, 6.45) is -0.0200. The third-order valence-electron chi connectivity index (χ3n) is 2.55. The van der Waals surface area contributed by atoms with Crippen molar-refractivity contribution >= 4 is 35.6 Å². The molecule has 1 aromatic carbocycles. The van der Waals surface area contributed by atoms with Gasteiger partial charge in [0.25, 0.3) is 0 Å². The molecular weight excluding hydrogens is 275 g/mol. The molecule has 0 aromatic heterocycles. The molecule has 0 saturated carbocycles. The molecule has 0 aliphatic carbocycles. The van der Waals surface area contributed by atoms with Crippen molar-refractivity contribution in [1.82, 2.24) is 0 Å². The minimum Gasteiger partial charge on any atom is -0.380 e. The standard InChI is InChI=1S/C12H17ClN2O2.ClH/c1-8-10(13)4-3-5-11(8)15-12(16)6-9(7-14)17-2;/h3-5,9H,6-7,14H2,1-2H3,(H,15,16);1H. The van der Waals surface area contributed by atoms with Gasteiger partial charge in [-0.25, -0.2) is 0 Å². The Morgan fingerprint density at radius 2 is 2.22 bits per heavy atom. The summed E-state index contributed by atoms with van der Waals surface area (Å²) < 4.78 is 5.05. The van der Waals surface area contributed by atoms with E-state index in [4.69, 9.17) is 22.1 Å². The first-order valence-electron chi connectivity index (χ1n) is 5.36. The number of halogens is 2. The molecule has 1 atom stereocenters. The van der Waals surface area contributed by atoms with Crippen molar-refractivity contribution in [2.75, 3.05) is 19.0 Å². The zero-order valence-corrected chi connectivity index (χ0v) is 12.0. The molecule has 0 saturated heterocycles. The number of anilines is 1. The van der Waals surface area contributed by atoms with Gasteiger partial charge in [-0.3, -0.25) is 4.79 Å². The molecule has 0 bridgehead atoms. The van der Waals surface area contributed by atoms with Gasteiger partial charge in [0, 0.05) is 24.4 Å². The van der Waals surface area contributed by atoms with E-state index in [0.717, 1.165) is 11.3 Å². The van der Waals surface area contributed by atoms with Gasteiger partial charge in [0.15, 0.2) is 0 Å². The van der Waals surface area contributed by atoms with E-state index < -0.39 is 0 Å². The Labute approximate surface area is 118 Å². The normalized spacial score (nSPS) is 11.6. The van der Waals surface area contributed by atoms with Crippen LogP contribution >= 0.6 is 24.0 Å². The Kier molecular flexibility index (Phi) is 7.95. The molecule has 0 heterocycles. The van der Waals surface area contributed by atoms with Crippen LogP contribution in [0.25, 0.3) is 0 Å². The molecule has 4 nitrogen and oxygen atoms in total. The molecule has 0 aliphatic rings. The number of hydrogen-bond acceptors (Lipinski definition) is 3. The second-order valence-corrected chi connectivity index (χ2v) is 4.17.